The second-order valence-electron chi connectivity index (χ2n) is 5.02. The van der Waals surface area contributed by atoms with Crippen LogP contribution >= 0.6 is 11.6 Å². The zero-order valence-electron chi connectivity index (χ0n) is 11.3. The molecule has 20 heavy (non-hydrogen) atoms. The maximum atomic E-state index is 11.4. The van der Waals surface area contributed by atoms with Gasteiger partial charge in [-0.3, -0.25) is 4.79 Å². The molecule has 0 radical (unpaired) electrons. The van der Waals surface area contributed by atoms with E-state index in [0.717, 1.165) is 11.1 Å². The SMILES string of the molecule is Cc1ccc(CC(Cc2ccccc2Cl)C(=O)O)cc1. The van der Waals surface area contributed by atoms with Crippen molar-refractivity contribution < 1.29 is 9.90 Å². The van der Waals surface area contributed by atoms with Gasteiger partial charge in [0.1, 0.15) is 0 Å². The number of benzene rings is 2. The van der Waals surface area contributed by atoms with Crippen LogP contribution in [0.3, 0.4) is 0 Å². The number of hydrogen-bond acceptors (Lipinski definition) is 1. The van der Waals surface area contributed by atoms with E-state index in [9.17, 15) is 9.90 Å². The number of aliphatic carboxylic acids is 1. The minimum Gasteiger partial charge on any atom is -0.481 e. The lowest BCUT2D eigenvalue weighted by Gasteiger charge is -2.13. The highest BCUT2D eigenvalue weighted by Gasteiger charge is 2.19. The molecule has 2 aromatic rings. The molecule has 0 aromatic heterocycles. The summed E-state index contributed by atoms with van der Waals surface area (Å²) >= 11 is 6.10. The fourth-order valence-electron chi connectivity index (χ4n) is 2.18. The number of rotatable bonds is 5. The number of carboxylic acids is 1. The van der Waals surface area contributed by atoms with E-state index in [-0.39, 0.29) is 0 Å². The molecule has 1 unspecified atom stereocenters. The average Bonchev–Trinajstić information content (AvgIpc) is 2.42. The molecule has 0 aliphatic heterocycles. The Balaban J connectivity index is 2.14. The molecular weight excluding hydrogens is 272 g/mol. The van der Waals surface area contributed by atoms with Crippen molar-refractivity contribution in [2.45, 2.75) is 19.8 Å². The van der Waals surface area contributed by atoms with Gasteiger partial charge in [-0.25, -0.2) is 0 Å². The largest absolute Gasteiger partial charge is 0.481 e. The minimum absolute atomic E-state index is 0.447. The number of carbonyl (C=O) groups is 1. The van der Waals surface area contributed by atoms with Gasteiger partial charge in [-0.05, 0) is 37.0 Å². The lowest BCUT2D eigenvalue weighted by molar-refractivity contribution is -0.141. The van der Waals surface area contributed by atoms with Crippen molar-refractivity contribution in [3.63, 3.8) is 0 Å². The van der Waals surface area contributed by atoms with Gasteiger partial charge in [0, 0.05) is 5.02 Å². The van der Waals surface area contributed by atoms with Crippen LogP contribution in [0.25, 0.3) is 0 Å². The Hall–Kier alpha value is -1.80. The summed E-state index contributed by atoms with van der Waals surface area (Å²) in [5.41, 5.74) is 3.09. The van der Waals surface area contributed by atoms with Gasteiger partial charge in [0.2, 0.25) is 0 Å². The Morgan fingerprint density at radius 2 is 1.75 bits per heavy atom. The van der Waals surface area contributed by atoms with Crippen molar-refractivity contribution in [1.29, 1.82) is 0 Å². The molecule has 104 valence electrons. The molecular formula is C17H17ClO2. The fraction of sp³-hybridized carbons (Fsp3) is 0.235. The van der Waals surface area contributed by atoms with Crippen molar-refractivity contribution in [2.24, 2.45) is 5.92 Å². The van der Waals surface area contributed by atoms with Gasteiger partial charge < -0.3 is 5.11 Å². The zero-order chi connectivity index (χ0) is 14.5. The van der Waals surface area contributed by atoms with E-state index in [2.05, 4.69) is 0 Å². The van der Waals surface area contributed by atoms with Crippen molar-refractivity contribution in [3.8, 4) is 0 Å². The molecule has 1 atom stereocenters. The summed E-state index contributed by atoms with van der Waals surface area (Å²) in [6.07, 6.45) is 0.962. The smallest absolute Gasteiger partial charge is 0.307 e. The minimum atomic E-state index is -0.787. The van der Waals surface area contributed by atoms with Gasteiger partial charge in [0.25, 0.3) is 0 Å². The van der Waals surface area contributed by atoms with E-state index in [0.29, 0.717) is 17.9 Å². The third kappa shape index (κ3) is 3.84. The Kier molecular flexibility index (Phi) is 4.80. The second kappa shape index (κ2) is 6.58. The third-order valence-corrected chi connectivity index (χ3v) is 3.74. The third-order valence-electron chi connectivity index (χ3n) is 3.38. The van der Waals surface area contributed by atoms with Crippen LogP contribution in [-0.2, 0) is 17.6 Å². The maximum Gasteiger partial charge on any atom is 0.307 e. The first-order chi connectivity index (χ1) is 9.56. The first-order valence-corrected chi connectivity index (χ1v) is 6.96. The van der Waals surface area contributed by atoms with Crippen molar-refractivity contribution in [1.82, 2.24) is 0 Å². The highest BCUT2D eigenvalue weighted by atomic mass is 35.5. The van der Waals surface area contributed by atoms with Crippen molar-refractivity contribution in [2.75, 3.05) is 0 Å². The second-order valence-corrected chi connectivity index (χ2v) is 5.43. The monoisotopic (exact) mass is 288 g/mol. The van der Waals surface area contributed by atoms with Gasteiger partial charge in [-0.1, -0.05) is 59.6 Å². The van der Waals surface area contributed by atoms with Gasteiger partial charge >= 0.3 is 5.97 Å². The predicted molar refractivity (Wildman–Crippen MR) is 81.2 cm³/mol. The van der Waals surface area contributed by atoms with Gasteiger partial charge in [-0.2, -0.15) is 0 Å². The van der Waals surface area contributed by atoms with Crippen LogP contribution in [0.15, 0.2) is 48.5 Å². The summed E-state index contributed by atoms with van der Waals surface area (Å²) < 4.78 is 0. The van der Waals surface area contributed by atoms with Crippen molar-refractivity contribution >= 4 is 17.6 Å². The topological polar surface area (TPSA) is 37.3 Å². The van der Waals surface area contributed by atoms with Crippen LogP contribution in [0, 0.1) is 12.8 Å². The normalized spacial score (nSPS) is 12.1. The van der Waals surface area contributed by atoms with Gasteiger partial charge in [0.15, 0.2) is 0 Å². The van der Waals surface area contributed by atoms with Crippen molar-refractivity contribution in [3.05, 3.63) is 70.2 Å². The van der Waals surface area contributed by atoms with E-state index in [1.165, 1.54) is 5.56 Å². The van der Waals surface area contributed by atoms with E-state index >= 15 is 0 Å². The number of halogens is 1. The summed E-state index contributed by atoms with van der Waals surface area (Å²) in [4.78, 5) is 11.4. The summed E-state index contributed by atoms with van der Waals surface area (Å²) in [7, 11) is 0. The summed E-state index contributed by atoms with van der Waals surface area (Å²) in [6.45, 7) is 2.02. The Morgan fingerprint density at radius 1 is 1.10 bits per heavy atom. The Morgan fingerprint density at radius 3 is 2.35 bits per heavy atom. The summed E-state index contributed by atoms with van der Waals surface area (Å²) in [5.74, 6) is -1.25. The molecule has 0 spiro atoms. The molecule has 0 fully saturated rings. The molecule has 3 heteroatoms. The summed E-state index contributed by atoms with van der Waals surface area (Å²) in [5, 5.41) is 10.0. The number of carboxylic acid groups (broad SMARTS) is 1. The lowest BCUT2D eigenvalue weighted by atomic mass is 9.92. The number of hydrogen-bond donors (Lipinski definition) is 1. The van der Waals surface area contributed by atoms with Crippen LogP contribution < -0.4 is 0 Å². The lowest BCUT2D eigenvalue weighted by Crippen LogP contribution is -2.19. The number of aryl methyl sites for hydroxylation is 1. The van der Waals surface area contributed by atoms with E-state index in [4.69, 9.17) is 11.6 Å². The van der Waals surface area contributed by atoms with E-state index in [1.807, 2.05) is 49.4 Å². The van der Waals surface area contributed by atoms with Gasteiger partial charge in [-0.15, -0.1) is 0 Å². The predicted octanol–water partition coefficient (Wildman–Crippen LogP) is 4.13. The van der Waals surface area contributed by atoms with E-state index < -0.39 is 11.9 Å². The van der Waals surface area contributed by atoms with Crippen LogP contribution in [0.1, 0.15) is 16.7 Å². The fourth-order valence-corrected chi connectivity index (χ4v) is 2.40. The first-order valence-electron chi connectivity index (χ1n) is 6.58. The maximum absolute atomic E-state index is 11.4. The van der Waals surface area contributed by atoms with Gasteiger partial charge in [0.05, 0.1) is 5.92 Å². The quantitative estimate of drug-likeness (QED) is 0.898. The molecule has 0 aliphatic carbocycles. The molecule has 0 aliphatic rings. The molecule has 1 N–H and O–H groups in total. The summed E-state index contributed by atoms with van der Waals surface area (Å²) in [6, 6.07) is 15.4. The molecule has 0 saturated heterocycles. The highest BCUT2D eigenvalue weighted by molar-refractivity contribution is 6.31. The standard InChI is InChI=1S/C17H17ClO2/c1-12-6-8-13(9-7-12)10-15(17(19)20)11-14-4-2-3-5-16(14)18/h2-9,15H,10-11H2,1H3,(H,19,20). The molecule has 0 amide bonds. The molecule has 0 saturated carbocycles. The van der Waals surface area contributed by atoms with E-state index in [1.54, 1.807) is 6.07 Å². The Bertz CT molecular complexity index is 590. The van der Waals surface area contributed by atoms with Crippen LogP contribution in [-0.4, -0.2) is 11.1 Å². The highest BCUT2D eigenvalue weighted by Crippen LogP contribution is 2.21. The molecule has 2 rings (SSSR count). The van der Waals surface area contributed by atoms with Crippen LogP contribution in [0.5, 0.6) is 0 Å². The van der Waals surface area contributed by atoms with Crippen LogP contribution in [0.4, 0.5) is 0 Å². The molecule has 0 heterocycles. The molecule has 0 bridgehead atoms. The first kappa shape index (κ1) is 14.6. The molecule has 2 nitrogen and oxygen atoms in total. The van der Waals surface area contributed by atoms with Crippen LogP contribution in [0.2, 0.25) is 5.02 Å². The average molecular weight is 289 g/mol. The Labute approximate surface area is 124 Å². The zero-order valence-corrected chi connectivity index (χ0v) is 12.1. The molecule has 2 aromatic carbocycles.